The van der Waals surface area contributed by atoms with Gasteiger partial charge < -0.3 is 30.9 Å². The van der Waals surface area contributed by atoms with E-state index >= 15 is 0 Å². The number of carbonyl (C=O) groups is 4. The summed E-state index contributed by atoms with van der Waals surface area (Å²) < 4.78 is 4.57. The first kappa shape index (κ1) is 22.7. The summed E-state index contributed by atoms with van der Waals surface area (Å²) in [7, 11) is 1.12. The Hall–Kier alpha value is -3.60. The first-order chi connectivity index (χ1) is 14.2. The minimum Gasteiger partial charge on any atom is -0.508 e. The smallest absolute Gasteiger partial charge is 0.404 e. The Kier molecular flexibility index (Phi) is 7.76. The van der Waals surface area contributed by atoms with Crippen molar-refractivity contribution in [1.29, 1.82) is 0 Å². The number of phenolic OH excluding ortho intramolecular Hbond substituents is 1. The highest BCUT2D eigenvalue weighted by atomic mass is 32.1. The number of aromatic hydroxyl groups is 1. The van der Waals surface area contributed by atoms with Crippen molar-refractivity contribution < 1.29 is 34.1 Å². The van der Waals surface area contributed by atoms with Crippen LogP contribution in [0.2, 0.25) is 0 Å². The third kappa shape index (κ3) is 6.21. The first-order valence-electron chi connectivity index (χ1n) is 8.73. The number of aryl methyl sites for hydroxylation is 1. The molecule has 0 saturated carbocycles. The number of amides is 3. The summed E-state index contributed by atoms with van der Waals surface area (Å²) in [4.78, 5) is 47.9. The molecule has 2 aromatic rings. The number of hydrogen-bond acceptors (Lipinski definition) is 7. The lowest BCUT2D eigenvalue weighted by Crippen LogP contribution is -2.48. The monoisotopic (exact) mass is 435 g/mol. The largest absolute Gasteiger partial charge is 0.508 e. The number of carboxylic acid groups (broad SMARTS) is 1. The van der Waals surface area contributed by atoms with Crippen molar-refractivity contribution in [3.63, 3.8) is 0 Å². The van der Waals surface area contributed by atoms with Crippen LogP contribution in [0.25, 0.3) is 0 Å². The Morgan fingerprint density at radius 1 is 1.13 bits per heavy atom. The minimum atomic E-state index is -1.35. The molecule has 0 fully saturated rings. The summed E-state index contributed by atoms with van der Waals surface area (Å²) in [5, 5.41) is 25.3. The molecule has 0 aliphatic rings. The van der Waals surface area contributed by atoms with E-state index in [0.717, 1.165) is 18.4 Å². The Balaban J connectivity index is 2.05. The molecule has 0 aliphatic heterocycles. The van der Waals surface area contributed by atoms with Crippen molar-refractivity contribution in [2.75, 3.05) is 13.7 Å². The van der Waals surface area contributed by atoms with Gasteiger partial charge in [-0.2, -0.15) is 0 Å². The molecule has 160 valence electrons. The van der Waals surface area contributed by atoms with Crippen LogP contribution in [0.3, 0.4) is 0 Å². The van der Waals surface area contributed by atoms with Gasteiger partial charge in [-0.15, -0.1) is 11.3 Å². The second kappa shape index (κ2) is 10.3. The molecule has 2 rings (SSSR count). The second-order valence-corrected chi connectivity index (χ2v) is 7.26. The Labute approximate surface area is 175 Å². The van der Waals surface area contributed by atoms with Gasteiger partial charge in [0.2, 0.25) is 0 Å². The van der Waals surface area contributed by atoms with Crippen LogP contribution in [0.5, 0.6) is 5.75 Å². The highest BCUT2D eigenvalue weighted by Crippen LogP contribution is 2.22. The van der Waals surface area contributed by atoms with Gasteiger partial charge in [-0.3, -0.25) is 9.59 Å². The SMILES string of the molecule is COC(=O)C(CNC(=O)O)NC(=O)c1sc(C(=O)NCc2cccc(O)c2)cc1C. The van der Waals surface area contributed by atoms with Gasteiger partial charge in [-0.05, 0) is 36.2 Å². The van der Waals surface area contributed by atoms with Gasteiger partial charge in [-0.1, -0.05) is 12.1 Å². The van der Waals surface area contributed by atoms with E-state index in [1.807, 2.05) is 5.32 Å². The zero-order chi connectivity index (χ0) is 22.3. The van der Waals surface area contributed by atoms with E-state index in [2.05, 4.69) is 15.4 Å². The second-order valence-electron chi connectivity index (χ2n) is 6.21. The normalized spacial score (nSPS) is 11.3. The highest BCUT2D eigenvalue weighted by Gasteiger charge is 2.25. The van der Waals surface area contributed by atoms with Gasteiger partial charge in [0.1, 0.15) is 11.8 Å². The van der Waals surface area contributed by atoms with Crippen LogP contribution in [0.4, 0.5) is 4.79 Å². The van der Waals surface area contributed by atoms with E-state index in [1.165, 1.54) is 12.1 Å². The van der Waals surface area contributed by atoms with Crippen molar-refractivity contribution >= 4 is 35.2 Å². The van der Waals surface area contributed by atoms with Crippen LogP contribution in [-0.2, 0) is 16.1 Å². The zero-order valence-corrected chi connectivity index (χ0v) is 17.0. The lowest BCUT2D eigenvalue weighted by molar-refractivity contribution is -0.142. The molecule has 1 aromatic carbocycles. The van der Waals surface area contributed by atoms with E-state index in [-0.39, 0.29) is 28.6 Å². The van der Waals surface area contributed by atoms with Gasteiger partial charge in [0.05, 0.1) is 23.4 Å². The van der Waals surface area contributed by atoms with Gasteiger partial charge in [0, 0.05) is 6.54 Å². The molecular formula is C19H21N3O7S. The van der Waals surface area contributed by atoms with E-state index < -0.39 is 29.9 Å². The average Bonchev–Trinajstić information content (AvgIpc) is 3.10. The summed E-state index contributed by atoms with van der Waals surface area (Å²) in [5.74, 6) is -1.75. The van der Waals surface area contributed by atoms with Gasteiger partial charge in [-0.25, -0.2) is 9.59 Å². The van der Waals surface area contributed by atoms with Crippen molar-refractivity contribution in [1.82, 2.24) is 16.0 Å². The molecule has 1 atom stereocenters. The number of hydrogen-bond donors (Lipinski definition) is 5. The molecule has 30 heavy (non-hydrogen) atoms. The highest BCUT2D eigenvalue weighted by molar-refractivity contribution is 7.16. The number of carbonyl (C=O) groups excluding carboxylic acids is 3. The van der Waals surface area contributed by atoms with Crippen molar-refractivity contribution in [3.8, 4) is 5.75 Å². The van der Waals surface area contributed by atoms with E-state index in [1.54, 1.807) is 25.1 Å². The molecule has 0 spiro atoms. The first-order valence-corrected chi connectivity index (χ1v) is 9.55. The lowest BCUT2D eigenvalue weighted by atomic mass is 10.2. The quantitative estimate of drug-likeness (QED) is 0.391. The standard InChI is InChI=1S/C19H21N3O7S/c1-10-6-14(16(24)20-8-11-4-3-5-12(23)7-11)30-15(10)17(25)22-13(18(26)29-2)9-21-19(27)28/h3-7,13,21,23H,8-9H2,1-2H3,(H,20,24)(H,22,25)(H,27,28). The number of ether oxygens (including phenoxy) is 1. The summed E-state index contributed by atoms with van der Waals surface area (Å²) >= 11 is 0.937. The number of rotatable bonds is 8. The topological polar surface area (TPSA) is 154 Å². The Bertz CT molecular complexity index is 957. The van der Waals surface area contributed by atoms with Crippen LogP contribution < -0.4 is 16.0 Å². The summed E-state index contributed by atoms with van der Waals surface area (Å²) in [6, 6.07) is 6.77. The predicted molar refractivity (Wildman–Crippen MR) is 108 cm³/mol. The van der Waals surface area contributed by atoms with Crippen LogP contribution in [-0.4, -0.2) is 53.8 Å². The Morgan fingerprint density at radius 3 is 2.50 bits per heavy atom. The fourth-order valence-electron chi connectivity index (χ4n) is 2.50. The van der Waals surface area contributed by atoms with Crippen LogP contribution >= 0.6 is 11.3 Å². The molecule has 5 N–H and O–H groups in total. The molecule has 1 unspecified atom stereocenters. The number of benzene rings is 1. The molecule has 0 aliphatic carbocycles. The lowest BCUT2D eigenvalue weighted by Gasteiger charge is -2.16. The van der Waals surface area contributed by atoms with E-state index in [4.69, 9.17) is 5.11 Å². The van der Waals surface area contributed by atoms with Gasteiger partial charge >= 0.3 is 12.1 Å². The fraction of sp³-hybridized carbons (Fsp3) is 0.263. The molecule has 1 aromatic heterocycles. The average molecular weight is 435 g/mol. The number of thiophene rings is 1. The third-order valence-corrected chi connectivity index (χ3v) is 5.19. The number of nitrogens with one attached hydrogen (secondary N) is 3. The van der Waals surface area contributed by atoms with Crippen molar-refractivity contribution in [2.24, 2.45) is 0 Å². The molecule has 3 amide bonds. The van der Waals surface area contributed by atoms with Crippen LogP contribution in [0.15, 0.2) is 30.3 Å². The minimum absolute atomic E-state index is 0.0882. The summed E-state index contributed by atoms with van der Waals surface area (Å²) in [6.45, 7) is 1.46. The molecule has 10 nitrogen and oxygen atoms in total. The maximum atomic E-state index is 12.6. The number of phenols is 1. The van der Waals surface area contributed by atoms with Gasteiger partial charge in [0.15, 0.2) is 0 Å². The number of esters is 1. The Morgan fingerprint density at radius 2 is 1.87 bits per heavy atom. The van der Waals surface area contributed by atoms with Gasteiger partial charge in [0.25, 0.3) is 11.8 Å². The maximum Gasteiger partial charge on any atom is 0.404 e. The van der Waals surface area contributed by atoms with Crippen molar-refractivity contribution in [3.05, 3.63) is 51.2 Å². The molecule has 11 heteroatoms. The summed E-state index contributed by atoms with van der Waals surface area (Å²) in [5.41, 5.74) is 1.23. The molecule has 0 radical (unpaired) electrons. The number of methoxy groups -OCH3 is 1. The summed E-state index contributed by atoms with van der Waals surface area (Å²) in [6.07, 6.45) is -1.35. The van der Waals surface area contributed by atoms with Crippen LogP contribution in [0.1, 0.15) is 30.5 Å². The fourth-order valence-corrected chi connectivity index (χ4v) is 3.50. The third-order valence-electron chi connectivity index (χ3n) is 3.96. The maximum absolute atomic E-state index is 12.6. The van der Waals surface area contributed by atoms with Crippen molar-refractivity contribution in [2.45, 2.75) is 19.5 Å². The molecule has 0 bridgehead atoms. The molecular weight excluding hydrogens is 414 g/mol. The predicted octanol–water partition coefficient (Wildman–Crippen LogP) is 1.23. The molecule has 1 heterocycles. The van der Waals surface area contributed by atoms with E-state index in [0.29, 0.717) is 11.1 Å². The van der Waals surface area contributed by atoms with E-state index in [9.17, 15) is 24.3 Å². The van der Waals surface area contributed by atoms with Crippen LogP contribution in [0, 0.1) is 6.92 Å². The zero-order valence-electron chi connectivity index (χ0n) is 16.2. The molecule has 0 saturated heterocycles.